The van der Waals surface area contributed by atoms with Crippen molar-refractivity contribution in [3.8, 4) is 0 Å². The lowest BCUT2D eigenvalue weighted by atomic mass is 10.1. The molecule has 0 fully saturated rings. The third-order valence-electron chi connectivity index (χ3n) is 3.10. The Bertz CT molecular complexity index is 263. The van der Waals surface area contributed by atoms with Gasteiger partial charge in [0.1, 0.15) is 6.10 Å². The molecule has 20 heavy (non-hydrogen) atoms. The molecule has 0 aromatic rings. The molecule has 0 aromatic carbocycles. The van der Waals surface area contributed by atoms with Crippen LogP contribution in [0.4, 0.5) is 0 Å². The van der Waals surface area contributed by atoms with Gasteiger partial charge in [-0.05, 0) is 19.3 Å². The highest BCUT2D eigenvalue weighted by Crippen LogP contribution is 2.10. The number of unbranched alkanes of at least 4 members (excludes halogenated alkanes) is 4. The summed E-state index contributed by atoms with van der Waals surface area (Å²) < 4.78 is 10.3. The molecular formula is C16H30O4. The average molecular weight is 286 g/mol. The van der Waals surface area contributed by atoms with Crippen molar-refractivity contribution < 1.29 is 19.1 Å². The molecule has 0 N–H and O–H groups in total. The minimum atomic E-state index is -0.345. The molecule has 4 heteroatoms. The summed E-state index contributed by atoms with van der Waals surface area (Å²) in [6, 6.07) is 0. The van der Waals surface area contributed by atoms with Gasteiger partial charge in [-0.15, -0.1) is 0 Å². The van der Waals surface area contributed by atoms with E-state index in [-0.39, 0.29) is 24.5 Å². The zero-order chi connectivity index (χ0) is 15.2. The Morgan fingerprint density at radius 1 is 0.900 bits per heavy atom. The Morgan fingerprint density at radius 2 is 1.60 bits per heavy atom. The van der Waals surface area contributed by atoms with Gasteiger partial charge in [-0.3, -0.25) is 9.59 Å². The van der Waals surface area contributed by atoms with Crippen LogP contribution < -0.4 is 0 Å². The van der Waals surface area contributed by atoms with Gasteiger partial charge in [0.2, 0.25) is 0 Å². The molecule has 0 spiro atoms. The normalized spacial score (nSPS) is 11.9. The highest BCUT2D eigenvalue weighted by Gasteiger charge is 2.17. The van der Waals surface area contributed by atoms with Gasteiger partial charge in [-0.25, -0.2) is 0 Å². The summed E-state index contributed by atoms with van der Waals surface area (Å²) in [7, 11) is 0. The Labute approximate surface area is 123 Å². The zero-order valence-electron chi connectivity index (χ0n) is 13.3. The van der Waals surface area contributed by atoms with Crippen molar-refractivity contribution in [3.05, 3.63) is 0 Å². The topological polar surface area (TPSA) is 52.6 Å². The number of rotatable bonds is 12. The molecule has 0 aliphatic rings. The van der Waals surface area contributed by atoms with E-state index in [0.717, 1.165) is 19.3 Å². The van der Waals surface area contributed by atoms with Crippen LogP contribution in [0.25, 0.3) is 0 Å². The molecule has 0 aliphatic heterocycles. The van der Waals surface area contributed by atoms with Gasteiger partial charge in [0, 0.05) is 6.42 Å². The van der Waals surface area contributed by atoms with Crippen LogP contribution in [0.3, 0.4) is 0 Å². The standard InChI is InChI=1S/C16H30O4/c1-4-7-8-9-10-11-15(17)20-14(6-3)13-16(18)19-12-5-2/h14H,4-13H2,1-3H3. The van der Waals surface area contributed by atoms with E-state index >= 15 is 0 Å². The second-order valence-electron chi connectivity index (χ2n) is 5.11. The molecule has 0 radical (unpaired) electrons. The molecule has 0 heterocycles. The summed E-state index contributed by atoms with van der Waals surface area (Å²) in [6.45, 7) is 6.45. The van der Waals surface area contributed by atoms with Crippen molar-refractivity contribution in [3.63, 3.8) is 0 Å². The molecule has 1 atom stereocenters. The molecule has 0 amide bonds. The van der Waals surface area contributed by atoms with Crippen molar-refractivity contribution in [2.24, 2.45) is 0 Å². The van der Waals surface area contributed by atoms with Gasteiger partial charge in [-0.1, -0.05) is 46.5 Å². The van der Waals surface area contributed by atoms with E-state index in [9.17, 15) is 9.59 Å². The molecule has 118 valence electrons. The first kappa shape index (κ1) is 18.9. The summed E-state index contributed by atoms with van der Waals surface area (Å²) in [5.41, 5.74) is 0. The summed E-state index contributed by atoms with van der Waals surface area (Å²) in [4.78, 5) is 23.1. The van der Waals surface area contributed by atoms with Crippen LogP contribution in [0.15, 0.2) is 0 Å². The number of ether oxygens (including phenoxy) is 2. The SMILES string of the molecule is CCCCCCCC(=O)OC(CC)CC(=O)OCCC. The van der Waals surface area contributed by atoms with E-state index in [2.05, 4.69) is 6.92 Å². The number of carbonyl (C=O) groups is 2. The molecule has 0 aromatic heterocycles. The number of hydrogen-bond donors (Lipinski definition) is 0. The first-order chi connectivity index (χ1) is 9.63. The van der Waals surface area contributed by atoms with Crippen LogP contribution in [0.5, 0.6) is 0 Å². The van der Waals surface area contributed by atoms with E-state index in [1.54, 1.807) is 0 Å². The van der Waals surface area contributed by atoms with Crippen LogP contribution in [0, 0.1) is 0 Å². The van der Waals surface area contributed by atoms with Crippen LogP contribution in [0.1, 0.15) is 78.6 Å². The second-order valence-corrected chi connectivity index (χ2v) is 5.11. The maximum Gasteiger partial charge on any atom is 0.309 e. The van der Waals surface area contributed by atoms with Gasteiger partial charge >= 0.3 is 11.9 Å². The minimum Gasteiger partial charge on any atom is -0.466 e. The van der Waals surface area contributed by atoms with Gasteiger partial charge in [-0.2, -0.15) is 0 Å². The molecular weight excluding hydrogens is 256 g/mol. The third kappa shape index (κ3) is 10.8. The predicted molar refractivity (Wildman–Crippen MR) is 79.4 cm³/mol. The Balaban J connectivity index is 3.79. The molecule has 0 aliphatic carbocycles. The fourth-order valence-electron chi connectivity index (χ4n) is 1.85. The van der Waals surface area contributed by atoms with Gasteiger partial charge in [0.05, 0.1) is 13.0 Å². The average Bonchev–Trinajstić information content (AvgIpc) is 2.44. The summed E-state index contributed by atoms with van der Waals surface area (Å²) in [6.07, 6.45) is 7.24. The maximum atomic E-state index is 11.7. The molecule has 4 nitrogen and oxygen atoms in total. The highest BCUT2D eigenvalue weighted by molar-refractivity contribution is 5.72. The smallest absolute Gasteiger partial charge is 0.309 e. The summed E-state index contributed by atoms with van der Waals surface area (Å²) >= 11 is 0. The number of hydrogen-bond acceptors (Lipinski definition) is 4. The molecule has 0 bridgehead atoms. The first-order valence-electron chi connectivity index (χ1n) is 7.99. The predicted octanol–water partition coefficient (Wildman–Crippen LogP) is 4.01. The van der Waals surface area contributed by atoms with Crippen molar-refractivity contribution >= 4 is 11.9 Å². The third-order valence-corrected chi connectivity index (χ3v) is 3.10. The first-order valence-corrected chi connectivity index (χ1v) is 7.99. The monoisotopic (exact) mass is 286 g/mol. The molecule has 0 saturated carbocycles. The van der Waals surface area contributed by atoms with E-state index in [1.165, 1.54) is 19.3 Å². The fourth-order valence-corrected chi connectivity index (χ4v) is 1.85. The minimum absolute atomic E-state index is 0.165. The largest absolute Gasteiger partial charge is 0.466 e. The van der Waals surface area contributed by atoms with Crippen LogP contribution in [-0.4, -0.2) is 24.6 Å². The van der Waals surface area contributed by atoms with Crippen molar-refractivity contribution in [2.75, 3.05) is 6.61 Å². The fraction of sp³-hybridized carbons (Fsp3) is 0.875. The number of esters is 2. The van der Waals surface area contributed by atoms with E-state index in [0.29, 0.717) is 19.4 Å². The van der Waals surface area contributed by atoms with Crippen molar-refractivity contribution in [1.82, 2.24) is 0 Å². The van der Waals surface area contributed by atoms with Crippen LogP contribution >= 0.6 is 0 Å². The zero-order valence-corrected chi connectivity index (χ0v) is 13.3. The quantitative estimate of drug-likeness (QED) is 0.402. The Kier molecular flexibility index (Phi) is 12.3. The highest BCUT2D eigenvalue weighted by atomic mass is 16.6. The Hall–Kier alpha value is -1.06. The van der Waals surface area contributed by atoms with Crippen LogP contribution in [0.2, 0.25) is 0 Å². The molecule has 0 saturated heterocycles. The summed E-state index contributed by atoms with van der Waals surface area (Å²) in [5, 5.41) is 0. The maximum absolute atomic E-state index is 11.7. The van der Waals surface area contributed by atoms with Gasteiger partial charge < -0.3 is 9.47 Å². The lowest BCUT2D eigenvalue weighted by Gasteiger charge is -2.15. The Morgan fingerprint density at radius 3 is 2.20 bits per heavy atom. The van der Waals surface area contributed by atoms with Gasteiger partial charge in [0.15, 0.2) is 0 Å². The van der Waals surface area contributed by atoms with Crippen molar-refractivity contribution in [2.45, 2.75) is 84.7 Å². The molecule has 0 rings (SSSR count). The van der Waals surface area contributed by atoms with E-state index in [4.69, 9.17) is 9.47 Å². The number of carbonyl (C=O) groups excluding carboxylic acids is 2. The summed E-state index contributed by atoms with van der Waals surface area (Å²) in [5.74, 6) is -0.480. The van der Waals surface area contributed by atoms with Crippen LogP contribution in [-0.2, 0) is 19.1 Å². The van der Waals surface area contributed by atoms with E-state index < -0.39 is 0 Å². The van der Waals surface area contributed by atoms with E-state index in [1.807, 2.05) is 13.8 Å². The van der Waals surface area contributed by atoms with Gasteiger partial charge in [0.25, 0.3) is 0 Å². The van der Waals surface area contributed by atoms with Crippen molar-refractivity contribution in [1.29, 1.82) is 0 Å². The second kappa shape index (κ2) is 12.9. The lowest BCUT2D eigenvalue weighted by molar-refractivity contribution is -0.155. The lowest BCUT2D eigenvalue weighted by Crippen LogP contribution is -2.22. The molecule has 1 unspecified atom stereocenters.